The van der Waals surface area contributed by atoms with Crippen LogP contribution in [0, 0.1) is 6.92 Å². The highest BCUT2D eigenvalue weighted by molar-refractivity contribution is 7.98. The predicted molar refractivity (Wildman–Crippen MR) is 110 cm³/mol. The molecule has 1 aliphatic heterocycles. The predicted octanol–water partition coefficient (Wildman–Crippen LogP) is 4.72. The van der Waals surface area contributed by atoms with Gasteiger partial charge in [0.2, 0.25) is 0 Å². The van der Waals surface area contributed by atoms with E-state index in [4.69, 9.17) is 11.6 Å². The molecule has 0 unspecified atom stereocenters. The van der Waals surface area contributed by atoms with Gasteiger partial charge in [0.05, 0.1) is 0 Å². The molecule has 0 atom stereocenters. The molecule has 1 heterocycles. The van der Waals surface area contributed by atoms with Crippen LogP contribution in [0.5, 0.6) is 0 Å². The Kier molecular flexibility index (Phi) is 6.63. The highest BCUT2D eigenvalue weighted by Gasteiger charge is 2.21. The summed E-state index contributed by atoms with van der Waals surface area (Å²) in [6.07, 6.45) is 3.04. The summed E-state index contributed by atoms with van der Waals surface area (Å²) < 4.78 is 0. The van der Waals surface area contributed by atoms with E-state index in [0.717, 1.165) is 60.2 Å². The molecular weight excluding hydrogens is 364 g/mol. The van der Waals surface area contributed by atoms with E-state index in [1.54, 1.807) is 11.8 Å². The minimum atomic E-state index is 0.159. The smallest absolute Gasteiger partial charge is 0.254 e. The Morgan fingerprint density at radius 3 is 2.58 bits per heavy atom. The van der Waals surface area contributed by atoms with E-state index in [2.05, 4.69) is 23.1 Å². The van der Waals surface area contributed by atoms with Gasteiger partial charge in [-0.2, -0.15) is 0 Å². The summed E-state index contributed by atoms with van der Waals surface area (Å²) >= 11 is 7.64. The first-order valence-corrected chi connectivity index (χ1v) is 10.6. The van der Waals surface area contributed by atoms with Gasteiger partial charge in [-0.05, 0) is 55.0 Å². The third-order valence-electron chi connectivity index (χ3n) is 4.87. The van der Waals surface area contributed by atoms with Crippen LogP contribution in [-0.4, -0.2) is 48.1 Å². The van der Waals surface area contributed by atoms with Crippen LogP contribution in [0.4, 0.5) is 0 Å². The van der Waals surface area contributed by atoms with E-state index in [9.17, 15) is 4.79 Å². The maximum Gasteiger partial charge on any atom is 0.254 e. The Labute approximate surface area is 165 Å². The van der Waals surface area contributed by atoms with E-state index in [0.29, 0.717) is 0 Å². The second-order valence-corrected chi connectivity index (χ2v) is 8.05. The Balaban J connectivity index is 1.64. The minimum absolute atomic E-state index is 0.159. The summed E-state index contributed by atoms with van der Waals surface area (Å²) in [5, 5.41) is 0.768. The van der Waals surface area contributed by atoms with Crippen LogP contribution in [0.25, 0.3) is 0 Å². The van der Waals surface area contributed by atoms with Crippen molar-refractivity contribution in [2.45, 2.75) is 24.8 Å². The monoisotopic (exact) mass is 388 g/mol. The molecule has 1 aliphatic rings. The van der Waals surface area contributed by atoms with Crippen molar-refractivity contribution >= 4 is 29.3 Å². The molecule has 1 fully saturated rings. The van der Waals surface area contributed by atoms with Crippen LogP contribution in [-0.2, 0) is 6.54 Å². The Morgan fingerprint density at radius 2 is 1.85 bits per heavy atom. The van der Waals surface area contributed by atoms with E-state index >= 15 is 0 Å². The van der Waals surface area contributed by atoms with Gasteiger partial charge in [-0.25, -0.2) is 0 Å². The Morgan fingerprint density at radius 1 is 1.08 bits per heavy atom. The number of hydrogen-bond donors (Lipinski definition) is 0. The molecule has 0 bridgehead atoms. The highest BCUT2D eigenvalue weighted by atomic mass is 35.5. The molecule has 5 heteroatoms. The van der Waals surface area contributed by atoms with Gasteiger partial charge in [0.1, 0.15) is 0 Å². The van der Waals surface area contributed by atoms with Crippen LogP contribution in [0.1, 0.15) is 27.9 Å². The molecule has 2 aromatic rings. The first kappa shape index (κ1) is 19.3. The first-order chi connectivity index (χ1) is 12.6. The summed E-state index contributed by atoms with van der Waals surface area (Å²) in [5.41, 5.74) is 3.15. The molecule has 1 saturated heterocycles. The molecule has 3 rings (SSSR count). The maximum atomic E-state index is 13.0. The summed E-state index contributed by atoms with van der Waals surface area (Å²) in [6, 6.07) is 14.2. The molecule has 0 saturated carbocycles. The molecule has 0 spiro atoms. The maximum absolute atomic E-state index is 13.0. The van der Waals surface area contributed by atoms with Gasteiger partial charge in [-0.1, -0.05) is 29.8 Å². The van der Waals surface area contributed by atoms with Gasteiger partial charge in [0.15, 0.2) is 0 Å². The summed E-state index contributed by atoms with van der Waals surface area (Å²) in [5.74, 6) is 0.159. The number of thioether (sulfide) groups is 1. The average Bonchev–Trinajstić information content (AvgIpc) is 2.89. The van der Waals surface area contributed by atoms with Crippen LogP contribution in [0.3, 0.4) is 0 Å². The molecule has 0 aliphatic carbocycles. The third kappa shape index (κ3) is 4.81. The summed E-state index contributed by atoms with van der Waals surface area (Å²) in [7, 11) is 0. The molecule has 26 heavy (non-hydrogen) atoms. The van der Waals surface area contributed by atoms with Crippen molar-refractivity contribution in [2.24, 2.45) is 0 Å². The second kappa shape index (κ2) is 8.94. The minimum Gasteiger partial charge on any atom is -0.337 e. The van der Waals surface area contributed by atoms with Crippen molar-refractivity contribution in [1.82, 2.24) is 9.80 Å². The van der Waals surface area contributed by atoms with E-state index in [-0.39, 0.29) is 5.91 Å². The van der Waals surface area contributed by atoms with Gasteiger partial charge < -0.3 is 4.90 Å². The Hall–Kier alpha value is -1.49. The van der Waals surface area contributed by atoms with Crippen LogP contribution in [0.15, 0.2) is 47.4 Å². The first-order valence-electron chi connectivity index (χ1n) is 8.97. The number of carbonyl (C=O) groups excluding carboxylic acids is 1. The third-order valence-corrected chi connectivity index (χ3v) is 5.85. The van der Waals surface area contributed by atoms with Crippen LogP contribution >= 0.6 is 23.4 Å². The lowest BCUT2D eigenvalue weighted by molar-refractivity contribution is 0.0760. The van der Waals surface area contributed by atoms with Gasteiger partial charge in [-0.3, -0.25) is 9.69 Å². The fraction of sp³-hybridized carbons (Fsp3) is 0.381. The molecular formula is C21H25ClN2OS. The number of amides is 1. The SMILES string of the molecule is CSc1ccc(C)c(C(=O)N2CCCN(Cc3ccc(Cl)cc3)CC2)c1. The number of carbonyl (C=O) groups is 1. The van der Waals surface area contributed by atoms with E-state index < -0.39 is 0 Å². The molecule has 2 aromatic carbocycles. The number of benzene rings is 2. The number of rotatable bonds is 4. The zero-order chi connectivity index (χ0) is 18.5. The zero-order valence-electron chi connectivity index (χ0n) is 15.4. The van der Waals surface area contributed by atoms with Crippen molar-refractivity contribution in [2.75, 3.05) is 32.4 Å². The largest absolute Gasteiger partial charge is 0.337 e. The number of hydrogen-bond acceptors (Lipinski definition) is 3. The second-order valence-electron chi connectivity index (χ2n) is 6.73. The zero-order valence-corrected chi connectivity index (χ0v) is 16.9. The van der Waals surface area contributed by atoms with Crippen molar-refractivity contribution in [3.05, 3.63) is 64.2 Å². The van der Waals surface area contributed by atoms with Gasteiger partial charge in [0, 0.05) is 48.2 Å². The fourth-order valence-corrected chi connectivity index (χ4v) is 3.87. The average molecular weight is 389 g/mol. The number of nitrogens with zero attached hydrogens (tertiary/aromatic N) is 2. The summed E-state index contributed by atoms with van der Waals surface area (Å²) in [4.78, 5) is 18.6. The van der Waals surface area contributed by atoms with E-state index in [1.165, 1.54) is 5.56 Å². The molecule has 0 aromatic heterocycles. The van der Waals surface area contributed by atoms with Crippen LogP contribution in [0.2, 0.25) is 5.02 Å². The molecule has 0 N–H and O–H groups in total. The number of aryl methyl sites for hydroxylation is 1. The molecule has 3 nitrogen and oxygen atoms in total. The van der Waals surface area contributed by atoms with Crippen molar-refractivity contribution in [1.29, 1.82) is 0 Å². The van der Waals surface area contributed by atoms with Gasteiger partial charge >= 0.3 is 0 Å². The normalized spacial score (nSPS) is 15.7. The topological polar surface area (TPSA) is 23.6 Å². The number of halogens is 1. The lowest BCUT2D eigenvalue weighted by Crippen LogP contribution is -2.35. The summed E-state index contributed by atoms with van der Waals surface area (Å²) in [6.45, 7) is 6.42. The van der Waals surface area contributed by atoms with Gasteiger partial charge in [-0.15, -0.1) is 11.8 Å². The lowest BCUT2D eigenvalue weighted by Gasteiger charge is -2.23. The molecule has 0 radical (unpaired) electrons. The van der Waals surface area contributed by atoms with Crippen molar-refractivity contribution < 1.29 is 4.79 Å². The van der Waals surface area contributed by atoms with Crippen molar-refractivity contribution in [3.8, 4) is 0 Å². The quantitative estimate of drug-likeness (QED) is 0.708. The molecule has 138 valence electrons. The Bertz CT molecular complexity index is 763. The van der Waals surface area contributed by atoms with Gasteiger partial charge in [0.25, 0.3) is 5.91 Å². The standard InChI is InChI=1S/C21H25ClN2OS/c1-16-4-9-19(26-2)14-20(16)21(25)24-11-3-10-23(12-13-24)15-17-5-7-18(22)8-6-17/h4-9,14H,3,10-13,15H2,1-2H3. The molecule has 1 amide bonds. The fourth-order valence-electron chi connectivity index (χ4n) is 3.31. The van der Waals surface area contributed by atoms with Crippen LogP contribution < -0.4 is 0 Å². The van der Waals surface area contributed by atoms with E-state index in [1.807, 2.05) is 42.3 Å². The van der Waals surface area contributed by atoms with Crippen molar-refractivity contribution in [3.63, 3.8) is 0 Å². The lowest BCUT2D eigenvalue weighted by atomic mass is 10.1. The highest BCUT2D eigenvalue weighted by Crippen LogP contribution is 2.21.